The molecule has 0 spiro atoms. The van der Waals surface area contributed by atoms with E-state index < -0.39 is 42.8 Å². The van der Waals surface area contributed by atoms with E-state index in [1.807, 2.05) is 0 Å². The fourth-order valence-electron chi connectivity index (χ4n) is 2.70. The molecule has 1 fully saturated rings. The summed E-state index contributed by atoms with van der Waals surface area (Å²) >= 11 is 0. The molecule has 0 amide bonds. The molecule has 1 aliphatic rings. The van der Waals surface area contributed by atoms with Crippen molar-refractivity contribution in [1.82, 2.24) is 0 Å². The molecule has 7 heteroatoms. The van der Waals surface area contributed by atoms with Crippen molar-refractivity contribution in [1.29, 1.82) is 0 Å². The average Bonchev–Trinajstić information content (AvgIpc) is 2.49. The fraction of sp³-hybridized carbons (Fsp3) is 0.938. The maximum Gasteiger partial charge on any atom is 0.305 e. The summed E-state index contributed by atoms with van der Waals surface area (Å²) in [5.74, 6) is -0.984. The van der Waals surface area contributed by atoms with Gasteiger partial charge in [0.2, 0.25) is 0 Å². The molecule has 1 rings (SSSR count). The minimum Gasteiger partial charge on any atom is -0.481 e. The van der Waals surface area contributed by atoms with Crippen LogP contribution in [-0.2, 0) is 14.3 Å². The van der Waals surface area contributed by atoms with Crippen molar-refractivity contribution in [2.24, 2.45) is 0 Å². The number of carboxylic acids is 1. The van der Waals surface area contributed by atoms with Gasteiger partial charge in [-0.25, -0.2) is 0 Å². The first-order chi connectivity index (χ1) is 10.9. The molecular formula is C16H30O7. The summed E-state index contributed by atoms with van der Waals surface area (Å²) in [5.41, 5.74) is 0. The first-order valence-corrected chi connectivity index (χ1v) is 8.43. The number of carbonyl (C=O) groups is 1. The number of carboxylic acid groups (broad SMARTS) is 1. The van der Waals surface area contributed by atoms with Gasteiger partial charge < -0.3 is 29.9 Å². The Kier molecular flexibility index (Phi) is 9.01. The largest absolute Gasteiger partial charge is 0.481 e. The second-order valence-electron chi connectivity index (χ2n) is 6.24. The Hall–Kier alpha value is -0.730. The van der Waals surface area contributed by atoms with Gasteiger partial charge in [0.05, 0.1) is 18.6 Å². The van der Waals surface area contributed by atoms with Crippen LogP contribution in [0.4, 0.5) is 0 Å². The monoisotopic (exact) mass is 334 g/mol. The molecule has 0 aromatic rings. The number of aliphatic carboxylic acids is 1. The van der Waals surface area contributed by atoms with E-state index in [-0.39, 0.29) is 6.42 Å². The Labute approximate surface area is 137 Å². The molecule has 7 nitrogen and oxygen atoms in total. The maximum atomic E-state index is 11.0. The van der Waals surface area contributed by atoms with Gasteiger partial charge >= 0.3 is 5.97 Å². The van der Waals surface area contributed by atoms with Crippen molar-refractivity contribution >= 4 is 5.97 Å². The van der Waals surface area contributed by atoms with Gasteiger partial charge in [-0.2, -0.15) is 0 Å². The molecule has 1 saturated heterocycles. The Morgan fingerprint density at radius 1 is 1.09 bits per heavy atom. The molecule has 136 valence electrons. The molecule has 0 aromatic heterocycles. The summed E-state index contributed by atoms with van der Waals surface area (Å²) in [7, 11) is 0. The van der Waals surface area contributed by atoms with Crippen LogP contribution in [0.15, 0.2) is 0 Å². The van der Waals surface area contributed by atoms with Crippen LogP contribution in [0, 0.1) is 0 Å². The van der Waals surface area contributed by atoms with Gasteiger partial charge in [-0.1, -0.05) is 39.0 Å². The minimum absolute atomic E-state index is 0.187. The third-order valence-corrected chi connectivity index (χ3v) is 4.17. The number of hydrogen-bond acceptors (Lipinski definition) is 6. The van der Waals surface area contributed by atoms with Crippen molar-refractivity contribution in [3.63, 3.8) is 0 Å². The lowest BCUT2D eigenvalue weighted by Gasteiger charge is -2.40. The molecule has 0 radical (unpaired) electrons. The van der Waals surface area contributed by atoms with Gasteiger partial charge in [0, 0.05) is 0 Å². The molecule has 0 saturated carbocycles. The topological polar surface area (TPSA) is 116 Å². The van der Waals surface area contributed by atoms with E-state index in [1.54, 1.807) is 6.92 Å². The number of aliphatic hydroxyl groups excluding tert-OH is 3. The van der Waals surface area contributed by atoms with Gasteiger partial charge in [0.25, 0.3) is 0 Å². The van der Waals surface area contributed by atoms with Crippen molar-refractivity contribution in [2.75, 3.05) is 0 Å². The molecule has 6 atom stereocenters. The first-order valence-electron chi connectivity index (χ1n) is 8.43. The van der Waals surface area contributed by atoms with Gasteiger partial charge in [0.1, 0.15) is 18.3 Å². The lowest BCUT2D eigenvalue weighted by atomic mass is 9.99. The lowest BCUT2D eigenvalue weighted by molar-refractivity contribution is -0.304. The molecular weight excluding hydrogens is 304 g/mol. The summed E-state index contributed by atoms with van der Waals surface area (Å²) in [6.45, 7) is 3.69. The molecule has 4 unspecified atom stereocenters. The van der Waals surface area contributed by atoms with Crippen molar-refractivity contribution < 1.29 is 34.7 Å². The van der Waals surface area contributed by atoms with Crippen LogP contribution in [0.25, 0.3) is 0 Å². The van der Waals surface area contributed by atoms with Crippen LogP contribution < -0.4 is 0 Å². The van der Waals surface area contributed by atoms with E-state index in [2.05, 4.69) is 6.92 Å². The zero-order chi connectivity index (χ0) is 17.4. The van der Waals surface area contributed by atoms with E-state index in [0.717, 1.165) is 32.1 Å². The summed E-state index contributed by atoms with van der Waals surface area (Å²) in [6.07, 6.45) is -0.829. The minimum atomic E-state index is -1.41. The number of unbranched alkanes of at least 4 members (excludes halogenated alkanes) is 4. The van der Waals surface area contributed by atoms with E-state index in [1.165, 1.54) is 0 Å². The normalized spacial score (nSPS) is 32.7. The van der Waals surface area contributed by atoms with Gasteiger partial charge in [-0.05, 0) is 13.3 Å². The van der Waals surface area contributed by atoms with E-state index in [4.69, 9.17) is 14.6 Å². The Morgan fingerprint density at radius 3 is 2.35 bits per heavy atom. The van der Waals surface area contributed by atoms with Crippen LogP contribution in [0.1, 0.15) is 58.8 Å². The highest BCUT2D eigenvalue weighted by Crippen LogP contribution is 2.24. The average molecular weight is 334 g/mol. The number of rotatable bonds is 10. The summed E-state index contributed by atoms with van der Waals surface area (Å²) in [4.78, 5) is 11.0. The molecule has 1 aliphatic heterocycles. The first kappa shape index (κ1) is 20.3. The van der Waals surface area contributed by atoms with E-state index in [0.29, 0.717) is 6.42 Å². The highest BCUT2D eigenvalue weighted by atomic mass is 16.7. The van der Waals surface area contributed by atoms with Crippen molar-refractivity contribution in [3.8, 4) is 0 Å². The van der Waals surface area contributed by atoms with Crippen LogP contribution in [-0.4, -0.2) is 63.2 Å². The highest BCUT2D eigenvalue weighted by Gasteiger charge is 2.43. The molecule has 0 bridgehead atoms. The molecule has 1 heterocycles. The molecule has 4 N–H and O–H groups in total. The standard InChI is InChI=1S/C16H30O7/c1-3-4-5-6-7-8-11(9-12(17)18)23-16-15(21)14(20)13(19)10(2)22-16/h10-11,13-16,19-21H,3-9H2,1-2H3,(H,17,18)/t10?,11?,13-,14?,15-,16?/m0/s1. The van der Waals surface area contributed by atoms with Crippen molar-refractivity contribution in [3.05, 3.63) is 0 Å². The second kappa shape index (κ2) is 10.2. The lowest BCUT2D eigenvalue weighted by Crippen LogP contribution is -2.58. The summed E-state index contributed by atoms with van der Waals surface area (Å²) in [6, 6.07) is 0. The molecule has 0 aromatic carbocycles. The van der Waals surface area contributed by atoms with Gasteiger partial charge in [0.15, 0.2) is 6.29 Å². The predicted octanol–water partition coefficient (Wildman–Crippen LogP) is 1.03. The Morgan fingerprint density at radius 2 is 1.74 bits per heavy atom. The van der Waals surface area contributed by atoms with Crippen LogP contribution in [0.5, 0.6) is 0 Å². The smallest absolute Gasteiger partial charge is 0.305 e. The van der Waals surface area contributed by atoms with Crippen molar-refractivity contribution in [2.45, 2.75) is 95.6 Å². The van der Waals surface area contributed by atoms with Gasteiger partial charge in [-0.15, -0.1) is 0 Å². The zero-order valence-corrected chi connectivity index (χ0v) is 13.9. The van der Waals surface area contributed by atoms with E-state index in [9.17, 15) is 20.1 Å². The maximum absolute atomic E-state index is 11.0. The highest BCUT2D eigenvalue weighted by molar-refractivity contribution is 5.67. The number of ether oxygens (including phenoxy) is 2. The van der Waals surface area contributed by atoms with E-state index >= 15 is 0 Å². The van der Waals surface area contributed by atoms with Gasteiger partial charge in [-0.3, -0.25) is 4.79 Å². The SMILES string of the molecule is CCCCCCCC(CC(=O)O)OC1OC(C)[C@H](O)C(O)[C@@H]1O. The summed E-state index contributed by atoms with van der Waals surface area (Å²) < 4.78 is 10.9. The zero-order valence-electron chi connectivity index (χ0n) is 13.9. The summed E-state index contributed by atoms with van der Waals surface area (Å²) in [5, 5.41) is 38.4. The molecule has 0 aliphatic carbocycles. The third kappa shape index (κ3) is 6.73. The van der Waals surface area contributed by atoms with Crippen LogP contribution in [0.3, 0.4) is 0 Å². The second-order valence-corrected chi connectivity index (χ2v) is 6.24. The third-order valence-electron chi connectivity index (χ3n) is 4.17. The predicted molar refractivity (Wildman–Crippen MR) is 82.9 cm³/mol. The van der Waals surface area contributed by atoms with Crippen LogP contribution >= 0.6 is 0 Å². The van der Waals surface area contributed by atoms with Crippen LogP contribution in [0.2, 0.25) is 0 Å². The number of aliphatic hydroxyl groups is 3. The Balaban J connectivity index is 2.52. The fourth-order valence-corrected chi connectivity index (χ4v) is 2.70. The quantitative estimate of drug-likeness (QED) is 0.441. The number of hydrogen-bond donors (Lipinski definition) is 4. The molecule has 23 heavy (non-hydrogen) atoms. The Bertz CT molecular complexity index is 349.